The van der Waals surface area contributed by atoms with Crippen LogP contribution in [0.2, 0.25) is 0 Å². The fourth-order valence-corrected chi connectivity index (χ4v) is 6.55. The van der Waals surface area contributed by atoms with E-state index in [2.05, 4.69) is 58.4 Å². The van der Waals surface area contributed by atoms with Crippen LogP contribution in [0.25, 0.3) is 32.9 Å². The van der Waals surface area contributed by atoms with Crippen molar-refractivity contribution in [1.82, 2.24) is 9.88 Å². The maximum atomic E-state index is 13.0. The maximum absolute atomic E-state index is 13.0. The highest BCUT2D eigenvalue weighted by Crippen LogP contribution is 2.59. The highest BCUT2D eigenvalue weighted by atomic mass is 16.5. The molecule has 0 saturated carbocycles. The summed E-state index contributed by atoms with van der Waals surface area (Å²) in [6, 6.07) is 17.3. The van der Waals surface area contributed by atoms with Crippen molar-refractivity contribution in [3.05, 3.63) is 70.8 Å². The van der Waals surface area contributed by atoms with Crippen LogP contribution in [0.15, 0.2) is 48.5 Å². The molecule has 4 aromatic rings. The van der Waals surface area contributed by atoms with E-state index in [1.165, 1.54) is 44.2 Å². The molecular weight excluding hydrogens is 360 g/mol. The third-order valence-electron chi connectivity index (χ3n) is 7.51. The van der Waals surface area contributed by atoms with Crippen molar-refractivity contribution in [1.29, 1.82) is 0 Å². The van der Waals surface area contributed by atoms with Crippen molar-refractivity contribution in [2.75, 3.05) is 0 Å². The summed E-state index contributed by atoms with van der Waals surface area (Å²) in [6.45, 7) is 0.613. The molecule has 140 valence electrons. The predicted molar refractivity (Wildman–Crippen MR) is 111 cm³/mol. The van der Waals surface area contributed by atoms with Crippen LogP contribution in [0, 0.1) is 0 Å². The van der Waals surface area contributed by atoms with Gasteiger partial charge in [0.2, 0.25) is 0 Å². The van der Waals surface area contributed by atoms with E-state index in [-0.39, 0.29) is 24.2 Å². The van der Waals surface area contributed by atoms with Gasteiger partial charge in [-0.25, -0.2) is 0 Å². The highest BCUT2D eigenvalue weighted by Gasteiger charge is 2.47. The van der Waals surface area contributed by atoms with Crippen LogP contribution in [0.5, 0.6) is 0 Å². The minimum atomic E-state index is 0.0479. The first-order chi connectivity index (χ1) is 14.3. The smallest absolute Gasteiger partial charge is 0.252 e. The van der Waals surface area contributed by atoms with Gasteiger partial charge in [0, 0.05) is 23.2 Å². The molecular formula is C25H18N2O2. The van der Waals surface area contributed by atoms with Crippen LogP contribution in [0.4, 0.5) is 0 Å². The molecule has 4 heterocycles. The number of rotatable bonds is 0. The van der Waals surface area contributed by atoms with Crippen LogP contribution in [-0.2, 0) is 11.3 Å². The Bertz CT molecular complexity index is 1430. The molecule has 0 radical (unpaired) electrons. The minimum absolute atomic E-state index is 0.0479. The van der Waals surface area contributed by atoms with Gasteiger partial charge in [-0.05, 0) is 46.7 Å². The summed E-state index contributed by atoms with van der Waals surface area (Å²) in [5.74, 6) is 0.308. The molecule has 1 fully saturated rings. The van der Waals surface area contributed by atoms with Gasteiger partial charge in [-0.15, -0.1) is 0 Å². The quantitative estimate of drug-likeness (QED) is 0.476. The standard InChI is InChI=1S/C25H18N2O2/c28-25-22-15(11-26-25)19-12-5-1-2-6-13(12)20-17-9-10-18(29-17)27-16-8-4-3-7-14(16)21(22)24(27)23(19)20/h1-8,17-18,20H,9-11H2,(H,26,28). The SMILES string of the molecule is O=C1NCc2c3c4c5c(c21)c1ccccc1n5C1CCC(O1)C4c1ccccc1-3. The van der Waals surface area contributed by atoms with Crippen molar-refractivity contribution in [2.45, 2.75) is 37.6 Å². The van der Waals surface area contributed by atoms with Gasteiger partial charge in [0.15, 0.2) is 0 Å². The molecule has 1 N–H and O–H groups in total. The lowest BCUT2D eigenvalue weighted by Gasteiger charge is -2.20. The number of nitrogens with one attached hydrogen (secondary N) is 1. The fourth-order valence-electron chi connectivity index (χ4n) is 6.55. The molecule has 29 heavy (non-hydrogen) atoms. The van der Waals surface area contributed by atoms with Gasteiger partial charge in [-0.1, -0.05) is 42.5 Å². The normalized spacial score (nSPS) is 25.4. The van der Waals surface area contributed by atoms with Gasteiger partial charge in [-0.3, -0.25) is 4.79 Å². The van der Waals surface area contributed by atoms with Crippen molar-refractivity contribution >= 4 is 27.7 Å². The molecule has 4 nitrogen and oxygen atoms in total. The number of carbonyl (C=O) groups is 1. The number of benzene rings is 3. The molecule has 3 unspecified atom stereocenters. The van der Waals surface area contributed by atoms with Gasteiger partial charge in [0.1, 0.15) is 6.23 Å². The van der Waals surface area contributed by atoms with Crippen LogP contribution in [-0.4, -0.2) is 16.6 Å². The molecule has 1 saturated heterocycles. The lowest BCUT2D eigenvalue weighted by atomic mass is 9.86. The number of fused-ring (bicyclic) bond motifs is 13. The van der Waals surface area contributed by atoms with Crippen LogP contribution < -0.4 is 5.32 Å². The topological polar surface area (TPSA) is 43.3 Å². The molecule has 3 aromatic carbocycles. The zero-order valence-corrected chi connectivity index (χ0v) is 15.7. The van der Waals surface area contributed by atoms with Crippen LogP contribution in [0.1, 0.15) is 52.0 Å². The average Bonchev–Trinajstić information content (AvgIpc) is 3.47. The Labute approximate surface area is 167 Å². The van der Waals surface area contributed by atoms with Gasteiger partial charge < -0.3 is 14.6 Å². The Balaban J connectivity index is 1.71. The third-order valence-corrected chi connectivity index (χ3v) is 7.51. The summed E-state index contributed by atoms with van der Waals surface area (Å²) >= 11 is 0. The number of para-hydroxylation sites is 1. The zero-order chi connectivity index (χ0) is 18.9. The molecule has 1 amide bonds. The largest absolute Gasteiger partial charge is 0.354 e. The maximum Gasteiger partial charge on any atom is 0.252 e. The number of ether oxygens (including phenoxy) is 1. The molecule has 4 heteroatoms. The van der Waals surface area contributed by atoms with E-state index in [1.807, 2.05) is 0 Å². The van der Waals surface area contributed by atoms with Crippen molar-refractivity contribution < 1.29 is 9.53 Å². The van der Waals surface area contributed by atoms with Crippen molar-refractivity contribution in [2.24, 2.45) is 0 Å². The Morgan fingerprint density at radius 2 is 1.86 bits per heavy atom. The van der Waals surface area contributed by atoms with Gasteiger partial charge >= 0.3 is 0 Å². The molecule has 1 aliphatic carbocycles. The van der Waals surface area contributed by atoms with Gasteiger partial charge in [0.25, 0.3) is 5.91 Å². The first-order valence-corrected chi connectivity index (χ1v) is 10.5. The highest BCUT2D eigenvalue weighted by molar-refractivity contribution is 6.23. The Hall–Kier alpha value is -3.11. The lowest BCUT2D eigenvalue weighted by Crippen LogP contribution is -2.16. The van der Waals surface area contributed by atoms with Gasteiger partial charge in [0.05, 0.1) is 22.7 Å². The molecule has 2 bridgehead atoms. The van der Waals surface area contributed by atoms with Crippen LogP contribution >= 0.6 is 0 Å². The number of carbonyl (C=O) groups excluding carboxylic acids is 1. The second-order valence-electron chi connectivity index (χ2n) is 8.71. The first-order valence-electron chi connectivity index (χ1n) is 10.5. The van der Waals surface area contributed by atoms with Crippen molar-refractivity contribution in [3.63, 3.8) is 0 Å². The fraction of sp³-hybridized carbons (Fsp3) is 0.240. The summed E-state index contributed by atoms with van der Waals surface area (Å²) < 4.78 is 9.08. The van der Waals surface area contributed by atoms with E-state index in [1.54, 1.807) is 0 Å². The number of aromatic nitrogens is 1. The zero-order valence-electron chi connectivity index (χ0n) is 15.7. The Morgan fingerprint density at radius 1 is 1.00 bits per heavy atom. The molecule has 4 aliphatic rings. The molecule has 0 spiro atoms. The summed E-state index contributed by atoms with van der Waals surface area (Å²) in [7, 11) is 0. The van der Waals surface area contributed by atoms with Crippen molar-refractivity contribution in [3.8, 4) is 11.1 Å². The molecule has 1 aromatic heterocycles. The molecule has 3 aliphatic heterocycles. The van der Waals surface area contributed by atoms with Crippen LogP contribution in [0.3, 0.4) is 0 Å². The molecule has 3 atom stereocenters. The molecule has 8 rings (SSSR count). The monoisotopic (exact) mass is 378 g/mol. The minimum Gasteiger partial charge on any atom is -0.354 e. The van der Waals surface area contributed by atoms with E-state index in [0.717, 1.165) is 23.8 Å². The number of hydrogen-bond donors (Lipinski definition) is 1. The summed E-state index contributed by atoms with van der Waals surface area (Å²) in [6.07, 6.45) is 2.35. The second kappa shape index (κ2) is 4.71. The average molecular weight is 378 g/mol. The predicted octanol–water partition coefficient (Wildman–Crippen LogP) is 4.84. The van der Waals surface area contributed by atoms with E-state index >= 15 is 0 Å². The number of hydrogen-bond acceptors (Lipinski definition) is 2. The van der Waals surface area contributed by atoms with E-state index in [0.29, 0.717) is 6.54 Å². The van der Waals surface area contributed by atoms with E-state index in [4.69, 9.17) is 4.74 Å². The lowest BCUT2D eigenvalue weighted by molar-refractivity contribution is 0.00494. The van der Waals surface area contributed by atoms with Gasteiger partial charge in [-0.2, -0.15) is 0 Å². The summed E-state index contributed by atoms with van der Waals surface area (Å²) in [5, 5.41) is 5.41. The number of nitrogens with zero attached hydrogens (tertiary/aromatic N) is 1. The third kappa shape index (κ3) is 1.51. The Morgan fingerprint density at radius 3 is 2.83 bits per heavy atom. The summed E-state index contributed by atoms with van der Waals surface area (Å²) in [4.78, 5) is 13.0. The Kier molecular flexibility index (Phi) is 2.41. The first kappa shape index (κ1) is 14.8. The second-order valence-corrected chi connectivity index (χ2v) is 8.71. The number of amides is 1. The summed E-state index contributed by atoms with van der Waals surface area (Å²) in [5.41, 5.74) is 9.78. The van der Waals surface area contributed by atoms with E-state index in [9.17, 15) is 4.79 Å². The van der Waals surface area contributed by atoms with E-state index < -0.39 is 0 Å².